The number of nitrogens with one attached hydrogen (secondary N) is 2. The Morgan fingerprint density at radius 1 is 1.42 bits per heavy atom. The van der Waals surface area contributed by atoms with Gasteiger partial charge in [0.1, 0.15) is 0 Å². The van der Waals surface area contributed by atoms with Gasteiger partial charge in [0.25, 0.3) is 0 Å². The van der Waals surface area contributed by atoms with Gasteiger partial charge in [0.15, 0.2) is 5.96 Å². The molecule has 138 valence electrons. The Labute approximate surface area is 171 Å². The fourth-order valence-electron chi connectivity index (χ4n) is 2.78. The fraction of sp³-hybridized carbons (Fsp3) is 0.706. The first-order chi connectivity index (χ1) is 11.2. The Kier molecular flexibility index (Phi) is 10.7. The first-order valence-electron chi connectivity index (χ1n) is 8.27. The number of aliphatic imine (C=N–C) groups is 1. The summed E-state index contributed by atoms with van der Waals surface area (Å²) >= 11 is 3.78. The molecular formula is C17H30IN3OS2. The van der Waals surface area contributed by atoms with Crippen molar-refractivity contribution in [2.24, 2.45) is 10.9 Å². The van der Waals surface area contributed by atoms with Crippen LogP contribution in [0.3, 0.4) is 0 Å². The first-order valence-corrected chi connectivity index (χ1v) is 10.4. The maximum absolute atomic E-state index is 5.50. The molecule has 1 aliphatic rings. The van der Waals surface area contributed by atoms with Gasteiger partial charge in [-0.25, -0.2) is 0 Å². The minimum atomic E-state index is 0. The molecule has 2 N–H and O–H groups in total. The van der Waals surface area contributed by atoms with Crippen molar-refractivity contribution in [3.05, 3.63) is 22.4 Å². The van der Waals surface area contributed by atoms with Crippen molar-refractivity contribution >= 4 is 53.0 Å². The van der Waals surface area contributed by atoms with E-state index in [4.69, 9.17) is 4.74 Å². The molecule has 1 aliphatic heterocycles. The molecule has 1 aromatic rings. The molecule has 1 unspecified atom stereocenters. The van der Waals surface area contributed by atoms with Crippen molar-refractivity contribution in [2.75, 3.05) is 39.6 Å². The second kappa shape index (κ2) is 11.6. The predicted octanol–water partition coefficient (Wildman–Crippen LogP) is 3.62. The van der Waals surface area contributed by atoms with Crippen LogP contribution in [0.4, 0.5) is 0 Å². The molecule has 2 heterocycles. The molecule has 0 saturated carbocycles. The lowest BCUT2D eigenvalue weighted by Crippen LogP contribution is -2.48. The van der Waals surface area contributed by atoms with E-state index in [-0.39, 0.29) is 28.7 Å². The lowest BCUT2D eigenvalue weighted by molar-refractivity contribution is 0.0783. The Balaban J connectivity index is 0.00000288. The normalized spacial score (nSPS) is 18.5. The van der Waals surface area contributed by atoms with Crippen LogP contribution in [0.15, 0.2) is 22.5 Å². The zero-order valence-electron chi connectivity index (χ0n) is 14.8. The summed E-state index contributed by atoms with van der Waals surface area (Å²) in [7, 11) is 1.84. The molecule has 2 rings (SSSR count). The molecule has 1 aromatic heterocycles. The number of thiophene rings is 1. The van der Waals surface area contributed by atoms with Gasteiger partial charge in [0.2, 0.25) is 0 Å². The monoisotopic (exact) mass is 483 g/mol. The van der Waals surface area contributed by atoms with Crippen LogP contribution in [0.2, 0.25) is 0 Å². The minimum absolute atomic E-state index is 0. The Morgan fingerprint density at radius 3 is 2.75 bits per heavy atom. The number of rotatable bonds is 7. The molecule has 0 spiro atoms. The highest BCUT2D eigenvalue weighted by molar-refractivity contribution is 14.0. The smallest absolute Gasteiger partial charge is 0.191 e. The Hall–Kier alpha value is 0.01000. The zero-order chi connectivity index (χ0) is 16.5. The molecule has 0 aromatic carbocycles. The predicted molar refractivity (Wildman–Crippen MR) is 118 cm³/mol. The summed E-state index contributed by atoms with van der Waals surface area (Å²) in [6.45, 7) is 5.89. The van der Waals surface area contributed by atoms with Gasteiger partial charge in [0.05, 0.1) is 0 Å². The van der Waals surface area contributed by atoms with Crippen molar-refractivity contribution in [3.8, 4) is 0 Å². The summed E-state index contributed by atoms with van der Waals surface area (Å²) in [6, 6.07) is 4.33. The van der Waals surface area contributed by atoms with E-state index in [0.717, 1.165) is 51.5 Å². The van der Waals surface area contributed by atoms with Crippen LogP contribution in [0.1, 0.15) is 24.6 Å². The van der Waals surface area contributed by atoms with Crippen LogP contribution in [0.5, 0.6) is 0 Å². The zero-order valence-corrected chi connectivity index (χ0v) is 18.8. The van der Waals surface area contributed by atoms with Crippen LogP contribution >= 0.6 is 47.1 Å². The van der Waals surface area contributed by atoms with Gasteiger partial charge in [-0.15, -0.1) is 35.3 Å². The van der Waals surface area contributed by atoms with Crippen molar-refractivity contribution in [2.45, 2.75) is 30.9 Å². The minimum Gasteiger partial charge on any atom is -0.381 e. The highest BCUT2D eigenvalue weighted by Crippen LogP contribution is 2.32. The van der Waals surface area contributed by atoms with E-state index in [1.807, 2.05) is 30.1 Å². The molecule has 4 nitrogen and oxygen atoms in total. The van der Waals surface area contributed by atoms with Crippen molar-refractivity contribution in [1.29, 1.82) is 0 Å². The second-order valence-electron chi connectivity index (χ2n) is 6.19. The summed E-state index contributed by atoms with van der Waals surface area (Å²) < 4.78 is 5.78. The van der Waals surface area contributed by atoms with Crippen molar-refractivity contribution < 1.29 is 4.74 Å². The van der Waals surface area contributed by atoms with Crippen molar-refractivity contribution in [1.82, 2.24) is 10.6 Å². The van der Waals surface area contributed by atoms with Crippen molar-refractivity contribution in [3.63, 3.8) is 0 Å². The molecule has 1 saturated heterocycles. The third-order valence-electron chi connectivity index (χ3n) is 4.39. The summed E-state index contributed by atoms with van der Waals surface area (Å²) in [5, 5.41) is 9.12. The average Bonchev–Trinajstić information content (AvgIpc) is 3.08. The number of hydrogen-bond acceptors (Lipinski definition) is 4. The van der Waals surface area contributed by atoms with Gasteiger partial charge < -0.3 is 15.4 Å². The molecule has 1 atom stereocenters. The van der Waals surface area contributed by atoms with Gasteiger partial charge in [-0.2, -0.15) is 11.8 Å². The van der Waals surface area contributed by atoms with E-state index < -0.39 is 0 Å². The van der Waals surface area contributed by atoms with E-state index in [2.05, 4.69) is 46.3 Å². The number of hydrogen-bond donors (Lipinski definition) is 2. The van der Waals surface area contributed by atoms with Crippen LogP contribution in [-0.2, 0) is 11.2 Å². The topological polar surface area (TPSA) is 45.7 Å². The van der Waals surface area contributed by atoms with E-state index in [1.54, 1.807) is 0 Å². The summed E-state index contributed by atoms with van der Waals surface area (Å²) in [5.41, 5.74) is 0. The molecule has 0 bridgehead atoms. The van der Waals surface area contributed by atoms with Gasteiger partial charge in [-0.1, -0.05) is 13.0 Å². The van der Waals surface area contributed by atoms with Gasteiger partial charge in [-0.3, -0.25) is 4.99 Å². The van der Waals surface area contributed by atoms with E-state index in [9.17, 15) is 0 Å². The maximum atomic E-state index is 5.50. The van der Waals surface area contributed by atoms with E-state index in [1.165, 1.54) is 4.88 Å². The average molecular weight is 483 g/mol. The molecular weight excluding hydrogens is 453 g/mol. The Bertz CT molecular complexity index is 476. The Morgan fingerprint density at radius 2 is 2.17 bits per heavy atom. The lowest BCUT2D eigenvalue weighted by atomic mass is 9.99. The maximum Gasteiger partial charge on any atom is 0.191 e. The number of halogens is 1. The molecule has 7 heteroatoms. The fourth-order valence-corrected chi connectivity index (χ4v) is 4.44. The molecule has 0 amide bonds. The van der Waals surface area contributed by atoms with Gasteiger partial charge >= 0.3 is 0 Å². The third kappa shape index (κ3) is 7.09. The number of nitrogens with zero attached hydrogens (tertiary/aromatic N) is 1. The number of ether oxygens (including phenoxy) is 1. The van der Waals surface area contributed by atoms with E-state index >= 15 is 0 Å². The summed E-state index contributed by atoms with van der Waals surface area (Å²) in [5.74, 6) is 1.49. The molecule has 0 aliphatic carbocycles. The molecule has 0 radical (unpaired) electrons. The largest absolute Gasteiger partial charge is 0.381 e. The second-order valence-corrected chi connectivity index (χ2v) is 8.50. The van der Waals surface area contributed by atoms with Crippen LogP contribution in [0.25, 0.3) is 0 Å². The molecule has 24 heavy (non-hydrogen) atoms. The standard InChI is InChI=1S/C17H29N3OS2.HI/c1-14(11-15-5-4-10-23-15)12-19-16(18-2)20-13-17(22-3)6-8-21-9-7-17;/h4-5,10,14H,6-9,11-13H2,1-3H3,(H2,18,19,20);1H. The number of thioether (sulfide) groups is 1. The number of guanidine groups is 1. The van der Waals surface area contributed by atoms with Crippen LogP contribution in [0, 0.1) is 5.92 Å². The quantitative estimate of drug-likeness (QED) is 0.353. The molecule has 1 fully saturated rings. The summed E-state index contributed by atoms with van der Waals surface area (Å²) in [6.07, 6.45) is 5.53. The highest BCUT2D eigenvalue weighted by atomic mass is 127. The first kappa shape index (κ1) is 22.1. The van der Waals surface area contributed by atoms with Crippen LogP contribution in [-0.4, -0.2) is 50.3 Å². The SMILES string of the molecule is CN=C(NCC(C)Cc1cccs1)NCC1(SC)CCOCC1.I. The highest BCUT2D eigenvalue weighted by Gasteiger charge is 2.31. The van der Waals surface area contributed by atoms with Gasteiger partial charge in [0, 0.05) is 43.0 Å². The van der Waals surface area contributed by atoms with Gasteiger partial charge in [-0.05, 0) is 42.9 Å². The lowest BCUT2D eigenvalue weighted by Gasteiger charge is -2.36. The van der Waals surface area contributed by atoms with Crippen LogP contribution < -0.4 is 10.6 Å². The summed E-state index contributed by atoms with van der Waals surface area (Å²) in [4.78, 5) is 5.81. The van der Waals surface area contributed by atoms with E-state index in [0.29, 0.717) is 5.92 Å². The third-order valence-corrected chi connectivity index (χ3v) is 6.70.